The zero-order valence-electron chi connectivity index (χ0n) is 17.5. The summed E-state index contributed by atoms with van der Waals surface area (Å²) in [6.07, 6.45) is 5.44. The molecule has 5 aromatic rings. The molecule has 0 aliphatic heterocycles. The molecule has 5 rings (SSSR count). The second-order valence-corrected chi connectivity index (χ2v) is 7.43. The van der Waals surface area contributed by atoms with Crippen molar-refractivity contribution < 1.29 is 0 Å². The quantitative estimate of drug-likeness (QED) is 0.345. The minimum absolute atomic E-state index is 0.748. The van der Waals surface area contributed by atoms with E-state index in [1.807, 2.05) is 73.1 Å². The average molecular weight is 415 g/mol. The van der Waals surface area contributed by atoms with E-state index >= 15 is 0 Å². The van der Waals surface area contributed by atoms with Crippen molar-refractivity contribution in [1.82, 2.24) is 15.0 Å². The summed E-state index contributed by atoms with van der Waals surface area (Å²) in [5.41, 5.74) is 7.89. The Hall–Kier alpha value is -4.31. The van der Waals surface area contributed by atoms with Crippen LogP contribution in [0.4, 0.5) is 5.69 Å². The Balaban J connectivity index is 1.52. The molecule has 0 aliphatic carbocycles. The van der Waals surface area contributed by atoms with Gasteiger partial charge in [-0.05, 0) is 41.5 Å². The van der Waals surface area contributed by atoms with E-state index in [4.69, 9.17) is 4.98 Å². The van der Waals surface area contributed by atoms with Gasteiger partial charge in [-0.3, -0.25) is 15.0 Å². The lowest BCUT2D eigenvalue weighted by molar-refractivity contribution is 1.14. The number of hydrogen-bond donors (Lipinski definition) is 1. The molecule has 0 amide bonds. The van der Waals surface area contributed by atoms with Crippen LogP contribution in [-0.4, -0.2) is 15.0 Å². The molecule has 2 aromatic carbocycles. The molecule has 0 bridgehead atoms. The van der Waals surface area contributed by atoms with Gasteiger partial charge in [0.1, 0.15) is 0 Å². The third-order valence-corrected chi connectivity index (χ3v) is 5.30. The lowest BCUT2D eigenvalue weighted by atomic mass is 9.97. The largest absolute Gasteiger partial charge is 0.381 e. The van der Waals surface area contributed by atoms with E-state index in [0.717, 1.165) is 46.0 Å². The number of nitrogens with one attached hydrogen (secondary N) is 1. The molecule has 1 N–H and O–H groups in total. The van der Waals surface area contributed by atoms with Gasteiger partial charge in [-0.25, -0.2) is 0 Å². The summed E-state index contributed by atoms with van der Waals surface area (Å²) in [7, 11) is 0. The van der Waals surface area contributed by atoms with E-state index in [1.54, 1.807) is 6.20 Å². The van der Waals surface area contributed by atoms with Crippen LogP contribution in [0.2, 0.25) is 0 Å². The van der Waals surface area contributed by atoms with Gasteiger partial charge in [0.15, 0.2) is 0 Å². The number of aromatic nitrogens is 3. The molecular formula is C28H22N4. The third-order valence-electron chi connectivity index (χ3n) is 5.30. The Labute approximate surface area is 187 Å². The zero-order chi connectivity index (χ0) is 21.6. The molecule has 154 valence electrons. The number of pyridine rings is 3. The highest BCUT2D eigenvalue weighted by atomic mass is 14.9. The first-order chi connectivity index (χ1) is 15.9. The molecule has 3 heterocycles. The Bertz CT molecular complexity index is 1320. The van der Waals surface area contributed by atoms with Gasteiger partial charge in [0.25, 0.3) is 0 Å². The average Bonchev–Trinajstić information content (AvgIpc) is 2.89. The first kappa shape index (κ1) is 19.6. The molecular weight excluding hydrogens is 392 g/mol. The van der Waals surface area contributed by atoms with E-state index in [-0.39, 0.29) is 0 Å². The summed E-state index contributed by atoms with van der Waals surface area (Å²) < 4.78 is 0. The number of benzene rings is 2. The summed E-state index contributed by atoms with van der Waals surface area (Å²) in [4.78, 5) is 14.0. The van der Waals surface area contributed by atoms with Crippen LogP contribution in [0.15, 0.2) is 116 Å². The highest BCUT2D eigenvalue weighted by molar-refractivity contribution is 5.87. The van der Waals surface area contributed by atoms with E-state index < -0.39 is 0 Å². The first-order valence-corrected chi connectivity index (χ1v) is 10.6. The summed E-state index contributed by atoms with van der Waals surface area (Å²) in [5.74, 6) is 0. The lowest BCUT2D eigenvalue weighted by Crippen LogP contribution is -2.00. The molecule has 32 heavy (non-hydrogen) atoms. The van der Waals surface area contributed by atoms with Crippen LogP contribution >= 0.6 is 0 Å². The minimum Gasteiger partial charge on any atom is -0.381 e. The van der Waals surface area contributed by atoms with Crippen molar-refractivity contribution in [2.75, 3.05) is 5.32 Å². The molecule has 0 spiro atoms. The van der Waals surface area contributed by atoms with Gasteiger partial charge in [0, 0.05) is 41.9 Å². The predicted octanol–water partition coefficient (Wildman–Crippen LogP) is 6.48. The Morgan fingerprint density at radius 2 is 1.25 bits per heavy atom. The lowest BCUT2D eigenvalue weighted by Gasteiger charge is -2.13. The minimum atomic E-state index is 0.748. The van der Waals surface area contributed by atoms with Crippen LogP contribution < -0.4 is 5.32 Å². The van der Waals surface area contributed by atoms with Gasteiger partial charge in [-0.15, -0.1) is 0 Å². The second kappa shape index (κ2) is 9.23. The van der Waals surface area contributed by atoms with E-state index in [0.29, 0.717) is 0 Å². The van der Waals surface area contributed by atoms with Crippen molar-refractivity contribution in [3.8, 4) is 33.8 Å². The SMILES string of the molecule is c1ccc(CNc2ccnc(-c3ncccc3-c3ncccc3-c3ccccc3)c2)cc1. The van der Waals surface area contributed by atoms with Gasteiger partial charge >= 0.3 is 0 Å². The molecule has 0 fully saturated rings. The Morgan fingerprint density at radius 3 is 2.03 bits per heavy atom. The van der Waals surface area contributed by atoms with Crippen molar-refractivity contribution >= 4 is 5.69 Å². The number of hydrogen-bond acceptors (Lipinski definition) is 4. The molecule has 0 unspecified atom stereocenters. The number of nitrogens with zero attached hydrogens (tertiary/aromatic N) is 3. The fourth-order valence-corrected chi connectivity index (χ4v) is 3.74. The van der Waals surface area contributed by atoms with Gasteiger partial charge < -0.3 is 5.32 Å². The maximum absolute atomic E-state index is 4.73. The molecule has 3 aromatic heterocycles. The Kier molecular flexibility index (Phi) is 5.66. The zero-order valence-corrected chi connectivity index (χ0v) is 17.5. The van der Waals surface area contributed by atoms with Crippen molar-refractivity contribution in [3.63, 3.8) is 0 Å². The maximum atomic E-state index is 4.73. The van der Waals surface area contributed by atoms with Crippen molar-refractivity contribution in [2.24, 2.45) is 0 Å². The topological polar surface area (TPSA) is 50.7 Å². The van der Waals surface area contributed by atoms with Crippen molar-refractivity contribution in [2.45, 2.75) is 6.54 Å². The third kappa shape index (κ3) is 4.25. The smallest absolute Gasteiger partial charge is 0.0981 e. The summed E-state index contributed by atoms with van der Waals surface area (Å²) in [6.45, 7) is 0.748. The van der Waals surface area contributed by atoms with Crippen molar-refractivity contribution in [1.29, 1.82) is 0 Å². The Morgan fingerprint density at radius 1 is 0.562 bits per heavy atom. The normalized spacial score (nSPS) is 10.6. The second-order valence-electron chi connectivity index (χ2n) is 7.43. The fourth-order valence-electron chi connectivity index (χ4n) is 3.74. The highest BCUT2D eigenvalue weighted by Gasteiger charge is 2.15. The summed E-state index contributed by atoms with van der Waals surface area (Å²) in [6, 6.07) is 32.7. The number of anilines is 1. The molecule has 4 nitrogen and oxygen atoms in total. The van der Waals surface area contributed by atoms with Crippen LogP contribution in [0.1, 0.15) is 5.56 Å². The van der Waals surface area contributed by atoms with Crippen LogP contribution in [0.5, 0.6) is 0 Å². The highest BCUT2D eigenvalue weighted by Crippen LogP contribution is 2.35. The fraction of sp³-hybridized carbons (Fsp3) is 0.0357. The van der Waals surface area contributed by atoms with Crippen LogP contribution in [0.25, 0.3) is 33.8 Å². The molecule has 4 heteroatoms. The monoisotopic (exact) mass is 414 g/mol. The van der Waals surface area contributed by atoms with Crippen molar-refractivity contribution in [3.05, 3.63) is 121 Å². The molecule has 0 saturated heterocycles. The van der Waals surface area contributed by atoms with Gasteiger partial charge in [0.2, 0.25) is 0 Å². The van der Waals surface area contributed by atoms with E-state index in [1.165, 1.54) is 5.56 Å². The summed E-state index contributed by atoms with van der Waals surface area (Å²) >= 11 is 0. The van der Waals surface area contributed by atoms with E-state index in [9.17, 15) is 0 Å². The predicted molar refractivity (Wildman–Crippen MR) is 130 cm³/mol. The van der Waals surface area contributed by atoms with Crippen LogP contribution in [0, 0.1) is 0 Å². The van der Waals surface area contributed by atoms with Gasteiger partial charge in [0.05, 0.1) is 17.1 Å². The number of rotatable bonds is 6. The van der Waals surface area contributed by atoms with Crippen LogP contribution in [0.3, 0.4) is 0 Å². The molecule has 0 aliphatic rings. The standard InChI is InChI=1S/C28H22N4/c1-3-9-21(10-4-1)20-32-23-15-18-29-26(19-23)28-25(14-8-17-31-28)27-24(13-7-16-30-27)22-11-5-2-6-12-22/h1-19H,20H2,(H,29,32). The van der Waals surface area contributed by atoms with E-state index in [2.05, 4.69) is 51.7 Å². The van der Waals surface area contributed by atoms with Gasteiger partial charge in [-0.2, -0.15) is 0 Å². The first-order valence-electron chi connectivity index (χ1n) is 10.6. The molecule has 0 saturated carbocycles. The summed E-state index contributed by atoms with van der Waals surface area (Å²) in [5, 5.41) is 3.48. The van der Waals surface area contributed by atoms with Crippen LogP contribution in [-0.2, 0) is 6.54 Å². The molecule has 0 radical (unpaired) electrons. The maximum Gasteiger partial charge on any atom is 0.0981 e. The molecule has 0 atom stereocenters. The van der Waals surface area contributed by atoms with Gasteiger partial charge in [-0.1, -0.05) is 66.7 Å².